The van der Waals surface area contributed by atoms with Crippen LogP contribution in [0.25, 0.3) is 0 Å². The number of unbranched alkanes of at least 4 members (excludes halogenated alkanes) is 10. The van der Waals surface area contributed by atoms with Gasteiger partial charge < -0.3 is 4.74 Å². The van der Waals surface area contributed by atoms with Gasteiger partial charge in [0.1, 0.15) is 6.10 Å². The van der Waals surface area contributed by atoms with Crippen molar-refractivity contribution in [2.24, 2.45) is 4.99 Å². The van der Waals surface area contributed by atoms with Crippen LogP contribution in [0, 0.1) is 0 Å². The molecule has 142 valence electrons. The van der Waals surface area contributed by atoms with E-state index in [9.17, 15) is 0 Å². The Hall–Kier alpha value is 0.0500. The summed E-state index contributed by atoms with van der Waals surface area (Å²) in [5, 5.41) is 0. The van der Waals surface area contributed by atoms with E-state index in [4.69, 9.17) is 27.9 Å². The lowest BCUT2D eigenvalue weighted by Crippen LogP contribution is -2.23. The molecule has 0 aromatic carbocycles. The quantitative estimate of drug-likeness (QED) is 0.214. The van der Waals surface area contributed by atoms with E-state index < -0.39 is 4.84 Å². The van der Waals surface area contributed by atoms with Crippen molar-refractivity contribution in [2.75, 3.05) is 0 Å². The van der Waals surface area contributed by atoms with Gasteiger partial charge in [0.15, 0.2) is 4.84 Å². The van der Waals surface area contributed by atoms with Crippen molar-refractivity contribution in [3.05, 3.63) is 0 Å². The molecule has 0 amide bonds. The fourth-order valence-electron chi connectivity index (χ4n) is 3.38. The maximum Gasteiger partial charge on any atom is 0.218 e. The van der Waals surface area contributed by atoms with E-state index in [0.29, 0.717) is 5.90 Å². The van der Waals surface area contributed by atoms with Gasteiger partial charge in [-0.15, -0.1) is 0 Å². The summed E-state index contributed by atoms with van der Waals surface area (Å²) in [4.78, 5) is 4.04. The van der Waals surface area contributed by atoms with E-state index in [1.54, 1.807) is 0 Å². The highest BCUT2D eigenvalue weighted by Gasteiger charge is 2.32. The van der Waals surface area contributed by atoms with Gasteiger partial charge in [-0.1, -0.05) is 108 Å². The first-order valence-electron chi connectivity index (χ1n) is 10.2. The zero-order chi connectivity index (χ0) is 17.6. The van der Waals surface area contributed by atoms with Gasteiger partial charge in [0.2, 0.25) is 5.90 Å². The topological polar surface area (TPSA) is 21.6 Å². The molecule has 1 aliphatic heterocycles. The number of aliphatic imine (C=N–C) groups is 1. The normalized spacial score (nSPS) is 20.5. The van der Waals surface area contributed by atoms with E-state index in [-0.39, 0.29) is 12.1 Å². The molecule has 0 aliphatic carbocycles. The summed E-state index contributed by atoms with van der Waals surface area (Å²) in [6.07, 6.45) is 18.2. The fourth-order valence-corrected chi connectivity index (χ4v) is 3.60. The average molecular weight is 378 g/mol. The minimum Gasteiger partial charge on any atom is -0.473 e. The number of hydrogen-bond acceptors (Lipinski definition) is 2. The predicted octanol–water partition coefficient (Wildman–Crippen LogP) is 7.46. The molecular weight excluding hydrogens is 341 g/mol. The number of hydrogen-bond donors (Lipinski definition) is 0. The summed E-state index contributed by atoms with van der Waals surface area (Å²) in [5.41, 5.74) is 0. The van der Waals surface area contributed by atoms with E-state index in [2.05, 4.69) is 18.8 Å². The Morgan fingerprint density at radius 1 is 0.792 bits per heavy atom. The highest BCUT2D eigenvalue weighted by molar-refractivity contribution is 6.53. The van der Waals surface area contributed by atoms with Crippen LogP contribution in [0.4, 0.5) is 0 Å². The maximum absolute atomic E-state index is 5.96. The van der Waals surface area contributed by atoms with Gasteiger partial charge in [0.25, 0.3) is 0 Å². The Balaban J connectivity index is 2.25. The Morgan fingerprint density at radius 3 is 1.83 bits per heavy atom. The van der Waals surface area contributed by atoms with Crippen molar-refractivity contribution in [1.29, 1.82) is 0 Å². The van der Waals surface area contributed by atoms with Crippen LogP contribution in [0.15, 0.2) is 4.99 Å². The van der Waals surface area contributed by atoms with Crippen molar-refractivity contribution in [1.82, 2.24) is 0 Å². The second-order valence-corrected chi connectivity index (χ2v) is 8.20. The molecule has 2 atom stereocenters. The summed E-state index contributed by atoms with van der Waals surface area (Å²) >= 11 is 11.9. The van der Waals surface area contributed by atoms with E-state index in [0.717, 1.165) is 12.8 Å². The lowest BCUT2D eigenvalue weighted by atomic mass is 9.98. The lowest BCUT2D eigenvalue weighted by Gasteiger charge is -2.18. The SMILES string of the molecule is CCCCCCCCC1N=C(C(Cl)Cl)OC1CCCCCCCC. The van der Waals surface area contributed by atoms with Gasteiger partial charge in [0.05, 0.1) is 6.04 Å². The Labute approximate surface area is 159 Å². The molecule has 0 radical (unpaired) electrons. The van der Waals surface area contributed by atoms with Crippen LogP contribution in [0.3, 0.4) is 0 Å². The number of ether oxygens (including phenoxy) is 1. The van der Waals surface area contributed by atoms with E-state index in [1.807, 2.05) is 0 Å². The van der Waals surface area contributed by atoms with Crippen LogP contribution in [-0.2, 0) is 4.74 Å². The van der Waals surface area contributed by atoms with Gasteiger partial charge in [-0.05, 0) is 19.3 Å². The van der Waals surface area contributed by atoms with Crippen molar-refractivity contribution < 1.29 is 4.74 Å². The lowest BCUT2D eigenvalue weighted by molar-refractivity contribution is 0.169. The molecule has 0 aromatic heterocycles. The molecule has 0 N–H and O–H groups in total. The van der Waals surface area contributed by atoms with Crippen molar-refractivity contribution in [2.45, 2.75) is 121 Å². The molecular formula is C20H37Cl2NO. The predicted molar refractivity (Wildman–Crippen MR) is 108 cm³/mol. The summed E-state index contributed by atoms with van der Waals surface area (Å²) in [6, 6.07) is 0.266. The zero-order valence-corrected chi connectivity index (χ0v) is 17.3. The fraction of sp³-hybridized carbons (Fsp3) is 0.950. The van der Waals surface area contributed by atoms with Crippen LogP contribution < -0.4 is 0 Å². The first kappa shape index (κ1) is 22.1. The maximum atomic E-state index is 5.96. The molecule has 2 unspecified atom stereocenters. The average Bonchev–Trinajstić information content (AvgIpc) is 2.97. The molecule has 1 aliphatic rings. The third kappa shape index (κ3) is 9.51. The molecule has 0 aromatic rings. The van der Waals surface area contributed by atoms with Gasteiger partial charge >= 0.3 is 0 Å². The molecule has 4 heteroatoms. The summed E-state index contributed by atoms with van der Waals surface area (Å²) in [7, 11) is 0. The molecule has 2 nitrogen and oxygen atoms in total. The molecule has 0 fully saturated rings. The molecule has 1 rings (SSSR count). The molecule has 0 bridgehead atoms. The Bertz CT molecular complexity index is 334. The number of nitrogens with zero attached hydrogens (tertiary/aromatic N) is 1. The minimum absolute atomic E-state index is 0.196. The molecule has 1 heterocycles. The number of halogens is 2. The van der Waals surface area contributed by atoms with Crippen molar-refractivity contribution >= 4 is 29.1 Å². The van der Waals surface area contributed by atoms with Crippen LogP contribution >= 0.6 is 23.2 Å². The van der Waals surface area contributed by atoms with Crippen LogP contribution in [-0.4, -0.2) is 22.9 Å². The van der Waals surface area contributed by atoms with E-state index >= 15 is 0 Å². The first-order chi connectivity index (χ1) is 11.7. The van der Waals surface area contributed by atoms with Crippen LogP contribution in [0.5, 0.6) is 0 Å². The van der Waals surface area contributed by atoms with Crippen molar-refractivity contribution in [3.63, 3.8) is 0 Å². The van der Waals surface area contributed by atoms with Gasteiger partial charge in [-0.25, -0.2) is 4.99 Å². The molecule has 0 saturated heterocycles. The largest absolute Gasteiger partial charge is 0.473 e. The second-order valence-electron chi connectivity index (χ2n) is 7.10. The summed E-state index contributed by atoms with van der Waals surface area (Å²) in [6.45, 7) is 4.51. The summed E-state index contributed by atoms with van der Waals surface area (Å²) in [5.74, 6) is 0.547. The molecule has 0 spiro atoms. The van der Waals surface area contributed by atoms with E-state index in [1.165, 1.54) is 77.0 Å². The highest BCUT2D eigenvalue weighted by atomic mass is 35.5. The molecule has 24 heavy (non-hydrogen) atoms. The van der Waals surface area contributed by atoms with Crippen LogP contribution in [0.2, 0.25) is 0 Å². The third-order valence-electron chi connectivity index (χ3n) is 4.88. The second kappa shape index (κ2) is 14.2. The Kier molecular flexibility index (Phi) is 13.1. The highest BCUT2D eigenvalue weighted by Crippen LogP contribution is 2.27. The van der Waals surface area contributed by atoms with Gasteiger partial charge in [-0.2, -0.15) is 0 Å². The zero-order valence-electron chi connectivity index (χ0n) is 15.7. The molecule has 0 saturated carbocycles. The number of alkyl halides is 2. The number of rotatable bonds is 15. The summed E-state index contributed by atoms with van der Waals surface area (Å²) < 4.78 is 5.94. The monoisotopic (exact) mass is 377 g/mol. The standard InChI is InChI=1S/C20H37Cl2NO/c1-3-5-7-9-11-13-15-17-18(24-20(23-17)19(21)22)16-14-12-10-8-6-4-2/h17-19H,3-16H2,1-2H3. The van der Waals surface area contributed by atoms with Gasteiger partial charge in [0, 0.05) is 0 Å². The first-order valence-corrected chi connectivity index (χ1v) is 11.1. The minimum atomic E-state index is -0.619. The van der Waals surface area contributed by atoms with Gasteiger partial charge in [-0.3, -0.25) is 0 Å². The Morgan fingerprint density at radius 2 is 1.29 bits per heavy atom. The third-order valence-corrected chi connectivity index (χ3v) is 5.25. The van der Waals surface area contributed by atoms with Crippen LogP contribution in [0.1, 0.15) is 104 Å². The smallest absolute Gasteiger partial charge is 0.218 e. The van der Waals surface area contributed by atoms with Crippen molar-refractivity contribution in [3.8, 4) is 0 Å².